The van der Waals surface area contributed by atoms with Gasteiger partial charge in [-0.2, -0.15) is 0 Å². The molecule has 7 heteroatoms. The van der Waals surface area contributed by atoms with Crippen LogP contribution in [-0.2, 0) is 6.54 Å². The van der Waals surface area contributed by atoms with E-state index in [4.69, 9.17) is 5.73 Å². The van der Waals surface area contributed by atoms with Crippen molar-refractivity contribution in [1.29, 1.82) is 0 Å². The van der Waals surface area contributed by atoms with Gasteiger partial charge in [0.25, 0.3) is 0 Å². The molecular weight excluding hydrogens is 391 g/mol. The zero-order chi connectivity index (χ0) is 15.1. The number of nitrogens with two attached hydrogens (primary N) is 1. The zero-order valence-electron chi connectivity index (χ0n) is 13.5. The molecule has 0 spiro atoms. The molecule has 0 unspecified atom stereocenters. The van der Waals surface area contributed by atoms with Crippen LogP contribution in [0.1, 0.15) is 18.9 Å². The molecule has 2 rings (SSSR count). The van der Waals surface area contributed by atoms with E-state index in [0.29, 0.717) is 12.5 Å². The van der Waals surface area contributed by atoms with Gasteiger partial charge in [-0.15, -0.1) is 24.0 Å². The number of hydrogen-bond donors (Lipinski definition) is 2. The van der Waals surface area contributed by atoms with E-state index >= 15 is 0 Å². The molecule has 0 atom stereocenters. The molecule has 1 aliphatic rings. The second-order valence-electron chi connectivity index (χ2n) is 5.44. The lowest BCUT2D eigenvalue weighted by atomic mass is 10.2. The van der Waals surface area contributed by atoms with Gasteiger partial charge in [0.05, 0.1) is 6.54 Å². The molecule has 1 fully saturated rings. The third-order valence-electron chi connectivity index (χ3n) is 3.63. The summed E-state index contributed by atoms with van der Waals surface area (Å²) in [5, 5.41) is 3.08. The number of halogens is 1. The molecule has 1 saturated heterocycles. The number of hydrogen-bond acceptors (Lipinski definition) is 4. The third-order valence-corrected chi connectivity index (χ3v) is 3.63. The molecule has 3 N–H and O–H groups in total. The number of aromatic nitrogens is 1. The minimum absolute atomic E-state index is 0. The van der Waals surface area contributed by atoms with E-state index in [1.54, 1.807) is 0 Å². The monoisotopic (exact) mass is 418 g/mol. The maximum atomic E-state index is 5.81. The van der Waals surface area contributed by atoms with E-state index in [0.717, 1.165) is 50.5 Å². The smallest absolute Gasteiger partial charge is 0.188 e. The van der Waals surface area contributed by atoms with Crippen molar-refractivity contribution < 1.29 is 0 Å². The van der Waals surface area contributed by atoms with Crippen molar-refractivity contribution in [2.24, 2.45) is 10.7 Å². The van der Waals surface area contributed by atoms with Crippen molar-refractivity contribution >= 4 is 35.8 Å². The van der Waals surface area contributed by atoms with Crippen molar-refractivity contribution in [1.82, 2.24) is 15.2 Å². The first kappa shape index (κ1) is 19.0. The summed E-state index contributed by atoms with van der Waals surface area (Å²) in [5.74, 6) is 1.55. The van der Waals surface area contributed by atoms with Gasteiger partial charge in [0.15, 0.2) is 5.96 Å². The molecule has 6 nitrogen and oxygen atoms in total. The van der Waals surface area contributed by atoms with E-state index < -0.39 is 0 Å². The highest BCUT2D eigenvalue weighted by atomic mass is 127. The van der Waals surface area contributed by atoms with Crippen LogP contribution in [0.4, 0.5) is 5.82 Å². The van der Waals surface area contributed by atoms with Gasteiger partial charge in [0.1, 0.15) is 5.82 Å². The highest BCUT2D eigenvalue weighted by Gasteiger charge is 2.15. The lowest BCUT2D eigenvalue weighted by molar-refractivity contribution is 0.312. The summed E-state index contributed by atoms with van der Waals surface area (Å²) >= 11 is 0. The Balaban J connectivity index is 0.00000242. The van der Waals surface area contributed by atoms with Crippen molar-refractivity contribution in [2.45, 2.75) is 19.9 Å². The summed E-state index contributed by atoms with van der Waals surface area (Å²) in [4.78, 5) is 13.5. The van der Waals surface area contributed by atoms with Crippen LogP contribution in [0.5, 0.6) is 0 Å². The highest BCUT2D eigenvalue weighted by Crippen LogP contribution is 2.15. The van der Waals surface area contributed by atoms with Gasteiger partial charge < -0.3 is 20.9 Å². The summed E-state index contributed by atoms with van der Waals surface area (Å²) < 4.78 is 0. The van der Waals surface area contributed by atoms with Crippen LogP contribution >= 0.6 is 24.0 Å². The van der Waals surface area contributed by atoms with E-state index in [1.807, 2.05) is 12.3 Å². The fraction of sp³-hybridized carbons (Fsp3) is 0.600. The van der Waals surface area contributed by atoms with Crippen molar-refractivity contribution in [3.05, 3.63) is 23.9 Å². The third kappa shape index (κ3) is 5.96. The zero-order valence-corrected chi connectivity index (χ0v) is 15.8. The molecule has 124 valence electrons. The Morgan fingerprint density at radius 1 is 1.36 bits per heavy atom. The Bertz CT molecular complexity index is 471. The fourth-order valence-electron chi connectivity index (χ4n) is 2.25. The Morgan fingerprint density at radius 2 is 2.09 bits per heavy atom. The summed E-state index contributed by atoms with van der Waals surface area (Å²) in [6.07, 6.45) is 2.90. The molecular formula is C15H27IN6. The molecule has 0 radical (unpaired) electrons. The first-order valence-electron chi connectivity index (χ1n) is 7.61. The van der Waals surface area contributed by atoms with E-state index in [1.165, 1.54) is 0 Å². The van der Waals surface area contributed by atoms with Gasteiger partial charge in [-0.3, -0.25) is 0 Å². The SMILES string of the molecule is CCCNC(N)=NCc1ccnc(N2CCN(C)CC2)c1.I. The van der Waals surface area contributed by atoms with Crippen molar-refractivity contribution in [3.63, 3.8) is 0 Å². The quantitative estimate of drug-likeness (QED) is 0.428. The van der Waals surface area contributed by atoms with Crippen LogP contribution in [0.25, 0.3) is 0 Å². The molecule has 22 heavy (non-hydrogen) atoms. The second kappa shape index (κ2) is 9.83. The summed E-state index contributed by atoms with van der Waals surface area (Å²) in [6, 6.07) is 4.11. The van der Waals surface area contributed by atoms with E-state index in [9.17, 15) is 0 Å². The number of nitrogens with one attached hydrogen (secondary N) is 1. The lowest BCUT2D eigenvalue weighted by Gasteiger charge is -2.33. The minimum Gasteiger partial charge on any atom is -0.370 e. The molecule has 1 aromatic heterocycles. The van der Waals surface area contributed by atoms with Gasteiger partial charge in [-0.05, 0) is 31.2 Å². The van der Waals surface area contributed by atoms with Crippen LogP contribution in [-0.4, -0.2) is 55.6 Å². The van der Waals surface area contributed by atoms with Crippen LogP contribution in [0.15, 0.2) is 23.3 Å². The Morgan fingerprint density at radius 3 is 2.77 bits per heavy atom. The van der Waals surface area contributed by atoms with Gasteiger partial charge in [-0.25, -0.2) is 9.98 Å². The fourth-order valence-corrected chi connectivity index (χ4v) is 2.25. The normalized spacial score (nSPS) is 16.3. The molecule has 0 aliphatic carbocycles. The summed E-state index contributed by atoms with van der Waals surface area (Å²) in [6.45, 7) is 7.76. The van der Waals surface area contributed by atoms with Crippen LogP contribution in [0.3, 0.4) is 0 Å². The number of pyridine rings is 1. The van der Waals surface area contributed by atoms with Gasteiger partial charge in [-0.1, -0.05) is 6.92 Å². The molecule has 0 aromatic carbocycles. The van der Waals surface area contributed by atoms with Gasteiger partial charge >= 0.3 is 0 Å². The van der Waals surface area contributed by atoms with Gasteiger partial charge in [0, 0.05) is 38.9 Å². The number of likely N-dealkylation sites (N-methyl/N-ethyl adjacent to an activating group) is 1. The first-order valence-corrected chi connectivity index (χ1v) is 7.61. The van der Waals surface area contributed by atoms with E-state index in [2.05, 4.69) is 45.1 Å². The van der Waals surface area contributed by atoms with Crippen LogP contribution in [0.2, 0.25) is 0 Å². The first-order chi connectivity index (χ1) is 10.2. The van der Waals surface area contributed by atoms with Crippen molar-refractivity contribution in [3.8, 4) is 0 Å². The second-order valence-corrected chi connectivity index (χ2v) is 5.44. The maximum absolute atomic E-state index is 5.81. The summed E-state index contributed by atoms with van der Waals surface area (Å²) in [7, 11) is 2.15. The number of rotatable bonds is 5. The van der Waals surface area contributed by atoms with Gasteiger partial charge in [0.2, 0.25) is 0 Å². The average Bonchev–Trinajstić information content (AvgIpc) is 2.52. The molecule has 2 heterocycles. The lowest BCUT2D eigenvalue weighted by Crippen LogP contribution is -2.44. The Kier molecular flexibility index (Phi) is 8.47. The van der Waals surface area contributed by atoms with Crippen LogP contribution < -0.4 is 16.0 Å². The predicted octanol–water partition coefficient (Wildman–Crippen LogP) is 1.27. The number of aliphatic imine (C=N–C) groups is 1. The van der Waals surface area contributed by atoms with E-state index in [-0.39, 0.29) is 24.0 Å². The molecule has 1 aliphatic heterocycles. The summed E-state index contributed by atoms with van der Waals surface area (Å²) in [5.41, 5.74) is 6.95. The number of guanidine groups is 1. The molecule has 1 aromatic rings. The number of nitrogens with zero attached hydrogens (tertiary/aromatic N) is 4. The number of anilines is 1. The Labute approximate surface area is 150 Å². The predicted molar refractivity (Wildman–Crippen MR) is 103 cm³/mol. The number of piperazine rings is 1. The average molecular weight is 418 g/mol. The highest BCUT2D eigenvalue weighted by molar-refractivity contribution is 14.0. The largest absolute Gasteiger partial charge is 0.370 e. The maximum Gasteiger partial charge on any atom is 0.188 e. The minimum atomic E-state index is 0. The van der Waals surface area contributed by atoms with Crippen LogP contribution in [0, 0.1) is 0 Å². The topological polar surface area (TPSA) is 69.8 Å². The molecule has 0 bridgehead atoms. The molecule has 0 amide bonds. The standard InChI is InChI=1S/C15H26N6.HI/c1-3-5-18-15(16)19-12-13-4-6-17-14(11-13)21-9-7-20(2)8-10-21;/h4,6,11H,3,5,7-10,12H2,1-2H3,(H3,16,18,19);1H. The Hall–Kier alpha value is -1.09. The molecule has 0 saturated carbocycles. The van der Waals surface area contributed by atoms with Crippen molar-refractivity contribution in [2.75, 3.05) is 44.7 Å².